The summed E-state index contributed by atoms with van der Waals surface area (Å²) in [6.45, 7) is 0.755. The molecule has 1 heterocycles. The summed E-state index contributed by atoms with van der Waals surface area (Å²) in [5.74, 6) is 1.59. The minimum absolute atomic E-state index is 0.680. The number of aromatic amines is 1. The van der Waals surface area contributed by atoms with Gasteiger partial charge >= 0.3 is 0 Å². The molecule has 1 aliphatic rings. The fraction of sp³-hybridized carbons (Fsp3) is 0.333. The lowest BCUT2D eigenvalue weighted by atomic mass is 10.2. The molecule has 5 heteroatoms. The Balaban J connectivity index is 1.72. The second kappa shape index (κ2) is 4.47. The van der Waals surface area contributed by atoms with Crippen molar-refractivity contribution in [3.05, 3.63) is 35.1 Å². The summed E-state index contributed by atoms with van der Waals surface area (Å²) in [6.07, 6.45) is 2.55. The molecule has 2 aromatic rings. The highest BCUT2D eigenvalue weighted by molar-refractivity contribution is 6.30. The third kappa shape index (κ3) is 2.65. The van der Waals surface area contributed by atoms with E-state index in [-0.39, 0.29) is 0 Å². The highest BCUT2D eigenvalue weighted by atomic mass is 35.5. The van der Waals surface area contributed by atoms with Gasteiger partial charge in [0, 0.05) is 16.6 Å². The topological polar surface area (TPSA) is 53.6 Å². The Bertz CT molecular complexity index is 501. The number of nitrogens with one attached hydrogen (secondary N) is 2. The van der Waals surface area contributed by atoms with Crippen molar-refractivity contribution < 1.29 is 0 Å². The van der Waals surface area contributed by atoms with Crippen LogP contribution in [0.25, 0.3) is 11.4 Å². The van der Waals surface area contributed by atoms with E-state index in [1.165, 1.54) is 12.8 Å². The number of nitrogens with zero attached hydrogens (tertiary/aromatic N) is 2. The molecule has 4 nitrogen and oxygen atoms in total. The number of H-pyrrole nitrogens is 1. The molecule has 1 fully saturated rings. The first-order valence-electron chi connectivity index (χ1n) is 5.72. The van der Waals surface area contributed by atoms with Crippen molar-refractivity contribution in [2.45, 2.75) is 25.4 Å². The Morgan fingerprint density at radius 2 is 2.06 bits per heavy atom. The van der Waals surface area contributed by atoms with Crippen LogP contribution in [0.1, 0.15) is 18.7 Å². The second-order valence-corrected chi connectivity index (χ2v) is 4.70. The first-order valence-corrected chi connectivity index (χ1v) is 6.10. The van der Waals surface area contributed by atoms with Gasteiger partial charge in [-0.3, -0.25) is 5.10 Å². The maximum Gasteiger partial charge on any atom is 0.181 e. The van der Waals surface area contributed by atoms with E-state index in [1.807, 2.05) is 24.3 Å². The summed E-state index contributed by atoms with van der Waals surface area (Å²) in [4.78, 5) is 4.44. The summed E-state index contributed by atoms with van der Waals surface area (Å²) in [5.41, 5.74) is 0.975. The van der Waals surface area contributed by atoms with E-state index in [4.69, 9.17) is 11.6 Å². The molecule has 0 spiro atoms. The molecule has 17 heavy (non-hydrogen) atoms. The molecule has 0 bridgehead atoms. The predicted molar refractivity (Wildman–Crippen MR) is 66.7 cm³/mol. The SMILES string of the molecule is Clc1ccc(-c2n[nH]c(CNC3CC3)n2)cc1. The van der Waals surface area contributed by atoms with E-state index in [0.717, 1.165) is 23.0 Å². The van der Waals surface area contributed by atoms with Crippen LogP contribution in [-0.4, -0.2) is 21.2 Å². The first kappa shape index (κ1) is 10.7. The van der Waals surface area contributed by atoms with E-state index in [1.54, 1.807) is 0 Å². The molecule has 0 radical (unpaired) electrons. The van der Waals surface area contributed by atoms with Crippen LogP contribution in [0.4, 0.5) is 0 Å². The Hall–Kier alpha value is -1.39. The van der Waals surface area contributed by atoms with Gasteiger partial charge < -0.3 is 5.32 Å². The van der Waals surface area contributed by atoms with Crippen LogP contribution < -0.4 is 5.32 Å². The van der Waals surface area contributed by atoms with E-state index >= 15 is 0 Å². The van der Waals surface area contributed by atoms with Crippen LogP contribution in [0.2, 0.25) is 5.02 Å². The highest BCUT2D eigenvalue weighted by Gasteiger charge is 2.20. The van der Waals surface area contributed by atoms with Gasteiger partial charge in [0.25, 0.3) is 0 Å². The standard InChI is InChI=1S/C12H13ClN4/c13-9-3-1-8(2-4-9)12-15-11(16-17-12)7-14-10-5-6-10/h1-4,10,14H,5-7H2,(H,15,16,17). The molecule has 2 N–H and O–H groups in total. The number of aromatic nitrogens is 3. The molecule has 1 saturated carbocycles. The molecule has 0 amide bonds. The summed E-state index contributed by atoms with van der Waals surface area (Å²) in [5, 5.41) is 11.3. The fourth-order valence-electron chi connectivity index (χ4n) is 1.63. The Morgan fingerprint density at radius 1 is 1.29 bits per heavy atom. The van der Waals surface area contributed by atoms with E-state index < -0.39 is 0 Å². The zero-order chi connectivity index (χ0) is 11.7. The molecule has 1 aromatic carbocycles. The molecule has 88 valence electrons. The summed E-state index contributed by atoms with van der Waals surface area (Å²) in [6, 6.07) is 8.21. The molecular formula is C12H13ClN4. The molecular weight excluding hydrogens is 236 g/mol. The quantitative estimate of drug-likeness (QED) is 0.874. The van der Waals surface area contributed by atoms with Gasteiger partial charge in [0.05, 0.1) is 6.54 Å². The third-order valence-electron chi connectivity index (χ3n) is 2.77. The van der Waals surface area contributed by atoms with Crippen molar-refractivity contribution >= 4 is 11.6 Å². The zero-order valence-corrected chi connectivity index (χ0v) is 10.0. The van der Waals surface area contributed by atoms with Crippen LogP contribution in [-0.2, 0) is 6.54 Å². The lowest BCUT2D eigenvalue weighted by Gasteiger charge is -1.97. The molecule has 0 atom stereocenters. The number of rotatable bonds is 4. The van der Waals surface area contributed by atoms with Crippen LogP contribution in [0.3, 0.4) is 0 Å². The highest BCUT2D eigenvalue weighted by Crippen LogP contribution is 2.20. The van der Waals surface area contributed by atoms with E-state index in [2.05, 4.69) is 20.5 Å². The van der Waals surface area contributed by atoms with Crippen molar-refractivity contribution in [1.29, 1.82) is 0 Å². The maximum absolute atomic E-state index is 5.84. The average Bonchev–Trinajstić information content (AvgIpc) is 3.06. The minimum atomic E-state index is 0.680. The van der Waals surface area contributed by atoms with E-state index in [9.17, 15) is 0 Å². The number of benzene rings is 1. The second-order valence-electron chi connectivity index (χ2n) is 4.27. The number of hydrogen-bond acceptors (Lipinski definition) is 3. The number of halogens is 1. The monoisotopic (exact) mass is 248 g/mol. The molecule has 3 rings (SSSR count). The van der Waals surface area contributed by atoms with Crippen LogP contribution >= 0.6 is 11.6 Å². The van der Waals surface area contributed by atoms with Gasteiger partial charge in [-0.05, 0) is 37.1 Å². The van der Waals surface area contributed by atoms with Crippen LogP contribution in [0.5, 0.6) is 0 Å². The van der Waals surface area contributed by atoms with Crippen molar-refractivity contribution in [1.82, 2.24) is 20.5 Å². The minimum Gasteiger partial charge on any atom is -0.307 e. The average molecular weight is 249 g/mol. The smallest absolute Gasteiger partial charge is 0.181 e. The largest absolute Gasteiger partial charge is 0.307 e. The third-order valence-corrected chi connectivity index (χ3v) is 3.02. The lowest BCUT2D eigenvalue weighted by molar-refractivity contribution is 0.660. The molecule has 0 aliphatic heterocycles. The molecule has 1 aliphatic carbocycles. The van der Waals surface area contributed by atoms with Gasteiger partial charge in [-0.25, -0.2) is 4.98 Å². The van der Waals surface area contributed by atoms with Crippen molar-refractivity contribution in [3.63, 3.8) is 0 Å². The van der Waals surface area contributed by atoms with Gasteiger partial charge in [0.15, 0.2) is 5.82 Å². The van der Waals surface area contributed by atoms with Gasteiger partial charge in [0.2, 0.25) is 0 Å². The zero-order valence-electron chi connectivity index (χ0n) is 9.28. The number of hydrogen-bond donors (Lipinski definition) is 2. The molecule has 0 saturated heterocycles. The summed E-state index contributed by atoms with van der Waals surface area (Å²) in [7, 11) is 0. The Kier molecular flexibility index (Phi) is 2.82. The first-order chi connectivity index (χ1) is 8.31. The van der Waals surface area contributed by atoms with Crippen molar-refractivity contribution in [2.75, 3.05) is 0 Å². The van der Waals surface area contributed by atoms with Gasteiger partial charge in [-0.15, -0.1) is 0 Å². The fourth-order valence-corrected chi connectivity index (χ4v) is 1.76. The molecule has 0 unspecified atom stereocenters. The lowest BCUT2D eigenvalue weighted by Crippen LogP contribution is -2.16. The van der Waals surface area contributed by atoms with Crippen molar-refractivity contribution in [2.24, 2.45) is 0 Å². The summed E-state index contributed by atoms with van der Waals surface area (Å²) < 4.78 is 0. The van der Waals surface area contributed by atoms with Gasteiger partial charge in [0.1, 0.15) is 5.82 Å². The Labute approximate surface area is 104 Å². The summed E-state index contributed by atoms with van der Waals surface area (Å²) >= 11 is 5.84. The van der Waals surface area contributed by atoms with Gasteiger partial charge in [-0.1, -0.05) is 11.6 Å². The van der Waals surface area contributed by atoms with Crippen molar-refractivity contribution in [3.8, 4) is 11.4 Å². The van der Waals surface area contributed by atoms with Crippen LogP contribution in [0, 0.1) is 0 Å². The predicted octanol–water partition coefficient (Wildman–Crippen LogP) is 2.38. The Morgan fingerprint density at radius 3 is 2.76 bits per heavy atom. The normalized spacial score (nSPS) is 15.1. The van der Waals surface area contributed by atoms with Crippen LogP contribution in [0.15, 0.2) is 24.3 Å². The van der Waals surface area contributed by atoms with Gasteiger partial charge in [-0.2, -0.15) is 5.10 Å². The van der Waals surface area contributed by atoms with E-state index in [0.29, 0.717) is 11.9 Å². The molecule has 1 aromatic heterocycles. The maximum atomic E-state index is 5.84.